The molecule has 0 unspecified atom stereocenters. The monoisotopic (exact) mass is 743 g/mol. The average Bonchev–Trinajstić information content (AvgIpc) is 3.98. The highest BCUT2D eigenvalue weighted by atomic mass is 16.3. The molecule has 0 aliphatic heterocycles. The fourth-order valence-corrected chi connectivity index (χ4v) is 8.79. The van der Waals surface area contributed by atoms with Crippen molar-refractivity contribution in [3.63, 3.8) is 0 Å². The number of rotatable bonds is 6. The van der Waals surface area contributed by atoms with Crippen LogP contribution in [-0.4, -0.2) is 0 Å². The normalized spacial score (nSPS) is 11.8. The molecule has 9 aromatic carbocycles. The van der Waals surface area contributed by atoms with Gasteiger partial charge in [-0.3, -0.25) is 0 Å². The van der Waals surface area contributed by atoms with Crippen molar-refractivity contribution >= 4 is 82.9 Å². The summed E-state index contributed by atoms with van der Waals surface area (Å²) < 4.78 is 20.4. The van der Waals surface area contributed by atoms with Crippen LogP contribution < -0.4 is 4.90 Å². The van der Waals surface area contributed by atoms with E-state index in [1.54, 1.807) is 0 Å². The lowest BCUT2D eigenvalue weighted by atomic mass is 9.94. The lowest BCUT2D eigenvalue weighted by Gasteiger charge is -2.26. The summed E-state index contributed by atoms with van der Waals surface area (Å²) in [5.74, 6) is 0. The van der Waals surface area contributed by atoms with Gasteiger partial charge in [0.1, 0.15) is 27.9 Å². The van der Waals surface area contributed by atoms with E-state index >= 15 is 0 Å². The second kappa shape index (κ2) is 12.9. The number of para-hydroxylation sites is 3. The molecule has 0 aliphatic rings. The van der Waals surface area contributed by atoms with Gasteiger partial charge < -0.3 is 18.2 Å². The Hall–Kier alpha value is -7.82. The van der Waals surface area contributed by atoms with Gasteiger partial charge in [-0.15, -0.1) is 0 Å². The van der Waals surface area contributed by atoms with Crippen molar-refractivity contribution in [2.75, 3.05) is 4.90 Å². The van der Waals surface area contributed by atoms with Crippen LogP contribution in [-0.2, 0) is 0 Å². The Morgan fingerprint density at radius 3 is 1.66 bits per heavy atom. The van der Waals surface area contributed by atoms with Gasteiger partial charge in [-0.25, -0.2) is 0 Å². The topological polar surface area (TPSA) is 42.7 Å². The van der Waals surface area contributed by atoms with Crippen LogP contribution in [0.25, 0.3) is 99.2 Å². The molecule has 0 radical (unpaired) electrons. The summed E-state index contributed by atoms with van der Waals surface area (Å²) in [7, 11) is 0. The summed E-state index contributed by atoms with van der Waals surface area (Å²) in [6.07, 6.45) is 0. The summed E-state index contributed by atoms with van der Waals surface area (Å²) in [4.78, 5) is 2.29. The van der Waals surface area contributed by atoms with Gasteiger partial charge in [0.05, 0.1) is 11.4 Å². The molecule has 12 rings (SSSR count). The molecule has 0 aliphatic carbocycles. The smallest absolute Gasteiger partial charge is 0.159 e. The zero-order valence-electron chi connectivity index (χ0n) is 31.2. The van der Waals surface area contributed by atoms with Crippen LogP contribution in [0.3, 0.4) is 0 Å². The lowest BCUT2D eigenvalue weighted by molar-refractivity contribution is 0.664. The average molecular weight is 744 g/mol. The Labute approximate surface area is 333 Å². The minimum Gasteiger partial charge on any atom is -0.456 e. The summed E-state index contributed by atoms with van der Waals surface area (Å²) in [6, 6.07) is 70.0. The van der Waals surface area contributed by atoms with Crippen LogP contribution in [0.2, 0.25) is 0 Å². The van der Waals surface area contributed by atoms with Crippen molar-refractivity contribution in [2.24, 2.45) is 0 Å². The Morgan fingerprint density at radius 2 is 0.862 bits per heavy atom. The number of anilines is 3. The maximum atomic E-state index is 7.11. The molecule has 0 saturated carbocycles. The van der Waals surface area contributed by atoms with Crippen molar-refractivity contribution in [3.8, 4) is 33.4 Å². The van der Waals surface area contributed by atoms with Crippen LogP contribution in [0, 0.1) is 0 Å². The largest absolute Gasteiger partial charge is 0.456 e. The quantitative estimate of drug-likeness (QED) is 0.170. The Morgan fingerprint density at radius 1 is 0.293 bits per heavy atom. The van der Waals surface area contributed by atoms with Gasteiger partial charge in [0.25, 0.3) is 0 Å². The highest BCUT2D eigenvalue weighted by molar-refractivity contribution is 6.24. The fraction of sp³-hybridized carbons (Fsp3) is 0. The maximum absolute atomic E-state index is 7.11. The zero-order valence-corrected chi connectivity index (χ0v) is 31.2. The van der Waals surface area contributed by atoms with Gasteiger partial charge in [0.2, 0.25) is 0 Å². The van der Waals surface area contributed by atoms with E-state index in [9.17, 15) is 0 Å². The van der Waals surface area contributed by atoms with Gasteiger partial charge in [-0.2, -0.15) is 0 Å². The number of hydrogen-bond donors (Lipinski definition) is 0. The van der Waals surface area contributed by atoms with Crippen LogP contribution >= 0.6 is 0 Å². The zero-order chi connectivity index (χ0) is 38.2. The molecule has 0 spiro atoms. The molecule has 12 aromatic rings. The first kappa shape index (κ1) is 32.4. The van der Waals surface area contributed by atoms with Crippen molar-refractivity contribution in [2.45, 2.75) is 0 Å². The van der Waals surface area contributed by atoms with E-state index in [1.165, 1.54) is 0 Å². The van der Waals surface area contributed by atoms with Crippen LogP contribution in [0.5, 0.6) is 0 Å². The summed E-state index contributed by atoms with van der Waals surface area (Å²) in [6.45, 7) is 0. The highest BCUT2D eigenvalue weighted by Gasteiger charge is 2.24. The summed E-state index contributed by atoms with van der Waals surface area (Å²) in [5, 5.41) is 6.28. The second-order valence-corrected chi connectivity index (χ2v) is 14.8. The molecule has 0 saturated heterocycles. The molecule has 0 atom stereocenters. The molecule has 0 amide bonds. The predicted octanol–water partition coefficient (Wildman–Crippen LogP) is 15.9. The van der Waals surface area contributed by atoms with Gasteiger partial charge in [0, 0.05) is 49.6 Å². The van der Waals surface area contributed by atoms with E-state index < -0.39 is 0 Å². The molecule has 4 heteroatoms. The van der Waals surface area contributed by atoms with Crippen molar-refractivity contribution in [3.05, 3.63) is 200 Å². The summed E-state index contributed by atoms with van der Waals surface area (Å²) in [5.41, 5.74) is 14.5. The highest BCUT2D eigenvalue weighted by Crippen LogP contribution is 2.48. The first-order valence-corrected chi connectivity index (χ1v) is 19.6. The van der Waals surface area contributed by atoms with Crippen molar-refractivity contribution < 1.29 is 13.3 Å². The van der Waals surface area contributed by atoms with Crippen LogP contribution in [0.15, 0.2) is 213 Å². The number of fused-ring (bicyclic) bond motifs is 9. The third kappa shape index (κ3) is 5.09. The Balaban J connectivity index is 1.11. The molecule has 3 heterocycles. The molecule has 272 valence electrons. The van der Waals surface area contributed by atoms with Gasteiger partial charge in [-0.05, 0) is 82.4 Å². The van der Waals surface area contributed by atoms with E-state index in [0.29, 0.717) is 0 Å². The van der Waals surface area contributed by atoms with Crippen LogP contribution in [0.1, 0.15) is 0 Å². The first-order valence-electron chi connectivity index (χ1n) is 19.6. The molecule has 3 aromatic heterocycles. The van der Waals surface area contributed by atoms with Crippen molar-refractivity contribution in [1.29, 1.82) is 0 Å². The molecule has 4 nitrogen and oxygen atoms in total. The van der Waals surface area contributed by atoms with E-state index in [4.69, 9.17) is 13.3 Å². The molecular formula is C54H33NO3. The predicted molar refractivity (Wildman–Crippen MR) is 239 cm³/mol. The SMILES string of the molecule is c1ccc(-c2cccc(-c3c4oc5cc(N(c6cccc(-c7ccccc7)c6)c6cccc7c6oc6ccccc67)ccc5c4cc4oc5ccccc5c34)c2)cc1. The Kier molecular flexibility index (Phi) is 7.20. The maximum Gasteiger partial charge on any atom is 0.159 e. The summed E-state index contributed by atoms with van der Waals surface area (Å²) >= 11 is 0. The Bertz CT molecular complexity index is 3520. The van der Waals surface area contributed by atoms with Gasteiger partial charge in [0.15, 0.2) is 5.58 Å². The first-order chi connectivity index (χ1) is 28.7. The second-order valence-electron chi connectivity index (χ2n) is 14.8. The van der Waals surface area contributed by atoms with Gasteiger partial charge in [-0.1, -0.05) is 140 Å². The van der Waals surface area contributed by atoms with Crippen molar-refractivity contribution in [1.82, 2.24) is 0 Å². The third-order valence-electron chi connectivity index (χ3n) is 11.4. The minimum atomic E-state index is 0.783. The number of nitrogens with zero attached hydrogens (tertiary/aromatic N) is 1. The number of benzene rings is 9. The fourth-order valence-electron chi connectivity index (χ4n) is 8.79. The van der Waals surface area contributed by atoms with E-state index in [2.05, 4.69) is 181 Å². The van der Waals surface area contributed by atoms with Gasteiger partial charge >= 0.3 is 0 Å². The number of hydrogen-bond acceptors (Lipinski definition) is 4. The third-order valence-corrected chi connectivity index (χ3v) is 11.4. The van der Waals surface area contributed by atoms with E-state index in [0.717, 1.165) is 116 Å². The number of furan rings is 3. The lowest BCUT2D eigenvalue weighted by Crippen LogP contribution is -2.10. The van der Waals surface area contributed by atoms with E-state index in [1.807, 2.05) is 24.3 Å². The van der Waals surface area contributed by atoms with E-state index in [-0.39, 0.29) is 0 Å². The molecule has 58 heavy (non-hydrogen) atoms. The molecule has 0 N–H and O–H groups in total. The molecule has 0 bridgehead atoms. The molecule has 0 fully saturated rings. The minimum absolute atomic E-state index is 0.783. The standard InChI is InChI=1S/C54H33NO3/c1-3-14-34(15-4-1)36-18-11-20-38(30-36)51-52-44-23-8-10-27-48(44)56-50(52)33-45-42-29-28-40(32-49(42)58-54(45)51)55(39-21-12-19-37(31-39)35-16-5-2-6-17-35)46-25-13-24-43-41-22-7-9-26-47(41)57-53(43)46/h1-33H. The molecular weight excluding hydrogens is 711 g/mol. The van der Waals surface area contributed by atoms with Crippen LogP contribution in [0.4, 0.5) is 17.1 Å².